The van der Waals surface area contributed by atoms with Crippen molar-refractivity contribution in [3.05, 3.63) is 30.2 Å². The van der Waals surface area contributed by atoms with E-state index >= 15 is 0 Å². The van der Waals surface area contributed by atoms with E-state index < -0.39 is 0 Å². The van der Waals surface area contributed by atoms with Crippen molar-refractivity contribution in [1.82, 2.24) is 24.6 Å². The molecule has 0 aliphatic rings. The summed E-state index contributed by atoms with van der Waals surface area (Å²) in [5.74, 6) is 1.80. The Morgan fingerprint density at radius 1 is 1.30 bits per heavy atom. The first-order chi connectivity index (χ1) is 9.54. The predicted molar refractivity (Wildman–Crippen MR) is 79.5 cm³/mol. The van der Waals surface area contributed by atoms with Crippen molar-refractivity contribution in [2.45, 2.75) is 20.3 Å². The standard InChI is InChI=1S/C14H20N6/c1-11(2)7-12-5-6-13(15-8-12)20-10-17-14(18-20)16-9-19(3)4/h5-6,8-11H,7H2,1-4H3/b16-9+. The molecule has 0 unspecified atom stereocenters. The highest BCUT2D eigenvalue weighted by atomic mass is 15.4. The molecule has 0 atom stereocenters. The van der Waals surface area contributed by atoms with Crippen molar-refractivity contribution in [2.24, 2.45) is 10.9 Å². The first-order valence-electron chi connectivity index (χ1n) is 6.62. The van der Waals surface area contributed by atoms with Crippen LogP contribution in [-0.4, -0.2) is 45.1 Å². The minimum Gasteiger partial charge on any atom is -0.369 e. The number of hydrogen-bond donors (Lipinski definition) is 0. The van der Waals surface area contributed by atoms with Crippen LogP contribution in [0.2, 0.25) is 0 Å². The molecule has 0 aromatic carbocycles. The van der Waals surface area contributed by atoms with Gasteiger partial charge in [0, 0.05) is 20.3 Å². The minimum absolute atomic E-state index is 0.423. The van der Waals surface area contributed by atoms with E-state index in [1.54, 1.807) is 17.3 Å². The Morgan fingerprint density at radius 3 is 2.70 bits per heavy atom. The third kappa shape index (κ3) is 3.88. The van der Waals surface area contributed by atoms with Crippen LogP contribution in [0.4, 0.5) is 5.95 Å². The Hall–Kier alpha value is -2.24. The Balaban J connectivity index is 2.12. The number of pyridine rings is 1. The van der Waals surface area contributed by atoms with Crippen molar-refractivity contribution >= 4 is 12.3 Å². The van der Waals surface area contributed by atoms with Gasteiger partial charge in [-0.3, -0.25) is 0 Å². The molecule has 0 spiro atoms. The number of rotatable bonds is 5. The normalized spacial score (nSPS) is 11.4. The molecule has 2 heterocycles. The SMILES string of the molecule is CC(C)Cc1ccc(-n2cnc(/N=C/N(C)C)n2)nc1. The third-order valence-electron chi connectivity index (χ3n) is 2.57. The van der Waals surface area contributed by atoms with Crippen LogP contribution in [0.1, 0.15) is 19.4 Å². The fourth-order valence-corrected chi connectivity index (χ4v) is 1.74. The summed E-state index contributed by atoms with van der Waals surface area (Å²) in [5, 5.41) is 4.26. The van der Waals surface area contributed by atoms with Crippen LogP contribution in [0.25, 0.3) is 5.82 Å². The van der Waals surface area contributed by atoms with E-state index in [1.807, 2.05) is 31.3 Å². The van der Waals surface area contributed by atoms with Gasteiger partial charge in [-0.2, -0.15) is 4.98 Å². The number of aliphatic imine (C=N–C) groups is 1. The summed E-state index contributed by atoms with van der Waals surface area (Å²) in [7, 11) is 3.80. The first-order valence-corrected chi connectivity index (χ1v) is 6.62. The van der Waals surface area contributed by atoms with Gasteiger partial charge >= 0.3 is 0 Å². The van der Waals surface area contributed by atoms with Crippen LogP contribution in [0.15, 0.2) is 29.6 Å². The van der Waals surface area contributed by atoms with Crippen LogP contribution in [-0.2, 0) is 6.42 Å². The maximum Gasteiger partial charge on any atom is 0.270 e. The monoisotopic (exact) mass is 272 g/mol. The molecule has 0 saturated heterocycles. The topological polar surface area (TPSA) is 59.2 Å². The summed E-state index contributed by atoms with van der Waals surface area (Å²) in [6, 6.07) is 4.03. The molecule has 2 rings (SSSR count). The van der Waals surface area contributed by atoms with Gasteiger partial charge in [0.2, 0.25) is 0 Å². The molecule has 2 aromatic rings. The molecule has 0 aliphatic heterocycles. The second-order valence-electron chi connectivity index (χ2n) is 5.32. The average molecular weight is 272 g/mol. The van der Waals surface area contributed by atoms with Crippen LogP contribution < -0.4 is 0 Å². The molecule has 6 nitrogen and oxygen atoms in total. The highest BCUT2D eigenvalue weighted by Crippen LogP contribution is 2.10. The van der Waals surface area contributed by atoms with Crippen molar-refractivity contribution in [1.29, 1.82) is 0 Å². The van der Waals surface area contributed by atoms with Gasteiger partial charge in [-0.15, -0.1) is 5.10 Å². The summed E-state index contributed by atoms with van der Waals surface area (Å²) in [6.45, 7) is 4.39. The smallest absolute Gasteiger partial charge is 0.270 e. The summed E-state index contributed by atoms with van der Waals surface area (Å²) in [5.41, 5.74) is 1.23. The Kier molecular flexibility index (Phi) is 4.45. The van der Waals surface area contributed by atoms with Crippen molar-refractivity contribution in [3.8, 4) is 5.82 Å². The zero-order chi connectivity index (χ0) is 14.5. The summed E-state index contributed by atoms with van der Waals surface area (Å²) in [4.78, 5) is 14.5. The molecule has 0 saturated carbocycles. The average Bonchev–Trinajstić information content (AvgIpc) is 2.85. The summed E-state index contributed by atoms with van der Waals surface area (Å²) in [6.07, 6.45) is 6.20. The molecule has 0 bridgehead atoms. The van der Waals surface area contributed by atoms with E-state index in [1.165, 1.54) is 5.56 Å². The van der Waals surface area contributed by atoms with Gasteiger partial charge < -0.3 is 4.90 Å². The van der Waals surface area contributed by atoms with Gasteiger partial charge in [0.1, 0.15) is 6.33 Å². The van der Waals surface area contributed by atoms with Crippen molar-refractivity contribution in [2.75, 3.05) is 14.1 Å². The number of nitrogens with zero attached hydrogens (tertiary/aromatic N) is 6. The quantitative estimate of drug-likeness (QED) is 0.617. The van der Waals surface area contributed by atoms with Crippen molar-refractivity contribution in [3.63, 3.8) is 0 Å². The molecular weight excluding hydrogens is 252 g/mol. The van der Waals surface area contributed by atoms with Gasteiger partial charge in [0.15, 0.2) is 5.82 Å². The van der Waals surface area contributed by atoms with Crippen LogP contribution >= 0.6 is 0 Å². The van der Waals surface area contributed by atoms with E-state index in [4.69, 9.17) is 0 Å². The lowest BCUT2D eigenvalue weighted by atomic mass is 10.1. The van der Waals surface area contributed by atoms with Gasteiger partial charge in [-0.25, -0.2) is 14.7 Å². The second-order valence-corrected chi connectivity index (χ2v) is 5.32. The molecule has 20 heavy (non-hydrogen) atoms. The van der Waals surface area contributed by atoms with Crippen LogP contribution in [0.5, 0.6) is 0 Å². The lowest BCUT2D eigenvalue weighted by molar-refractivity contribution is 0.642. The Labute approximate surface area is 119 Å². The van der Waals surface area contributed by atoms with Gasteiger partial charge in [0.25, 0.3) is 5.95 Å². The summed E-state index contributed by atoms with van der Waals surface area (Å²) < 4.78 is 1.63. The zero-order valence-electron chi connectivity index (χ0n) is 12.4. The minimum atomic E-state index is 0.423. The Bertz CT molecular complexity index is 568. The second kappa shape index (κ2) is 6.27. The largest absolute Gasteiger partial charge is 0.369 e. The molecule has 2 aromatic heterocycles. The fraction of sp³-hybridized carbons (Fsp3) is 0.429. The van der Waals surface area contributed by atoms with Gasteiger partial charge in [-0.1, -0.05) is 19.9 Å². The molecule has 0 amide bonds. The van der Waals surface area contributed by atoms with E-state index in [-0.39, 0.29) is 0 Å². The van der Waals surface area contributed by atoms with Crippen LogP contribution in [0.3, 0.4) is 0 Å². The fourth-order valence-electron chi connectivity index (χ4n) is 1.74. The zero-order valence-corrected chi connectivity index (χ0v) is 12.4. The third-order valence-corrected chi connectivity index (χ3v) is 2.57. The van der Waals surface area contributed by atoms with E-state index in [2.05, 4.69) is 40.0 Å². The maximum absolute atomic E-state index is 4.41. The van der Waals surface area contributed by atoms with E-state index in [0.717, 1.165) is 12.2 Å². The molecule has 6 heteroatoms. The molecule has 0 radical (unpaired) electrons. The van der Waals surface area contributed by atoms with Gasteiger partial charge in [0.05, 0.1) is 6.34 Å². The van der Waals surface area contributed by atoms with Gasteiger partial charge in [-0.05, 0) is 24.0 Å². The predicted octanol–water partition coefficient (Wildman–Crippen LogP) is 2.08. The lowest BCUT2D eigenvalue weighted by Gasteiger charge is -2.05. The molecule has 0 N–H and O–H groups in total. The molecule has 0 aliphatic carbocycles. The first kappa shape index (κ1) is 14.2. The Morgan fingerprint density at radius 2 is 2.10 bits per heavy atom. The molecular formula is C14H20N6. The summed E-state index contributed by atoms with van der Waals surface area (Å²) >= 11 is 0. The highest BCUT2D eigenvalue weighted by Gasteiger charge is 2.04. The van der Waals surface area contributed by atoms with E-state index in [9.17, 15) is 0 Å². The van der Waals surface area contributed by atoms with Crippen molar-refractivity contribution < 1.29 is 0 Å². The number of aromatic nitrogens is 4. The molecule has 106 valence electrons. The van der Waals surface area contributed by atoms with Crippen LogP contribution in [0, 0.1) is 5.92 Å². The van der Waals surface area contributed by atoms with E-state index in [0.29, 0.717) is 11.9 Å². The highest BCUT2D eigenvalue weighted by molar-refractivity contribution is 5.57. The number of hydrogen-bond acceptors (Lipinski definition) is 4. The lowest BCUT2D eigenvalue weighted by Crippen LogP contribution is -2.07. The molecule has 0 fully saturated rings. The maximum atomic E-state index is 4.41.